The lowest BCUT2D eigenvalue weighted by Gasteiger charge is -2.13. The number of hydrogen-bond acceptors (Lipinski definition) is 5. The van der Waals surface area contributed by atoms with Gasteiger partial charge in [0.25, 0.3) is 0 Å². The normalized spacial score (nSPS) is 20.1. The van der Waals surface area contributed by atoms with Crippen molar-refractivity contribution in [2.24, 2.45) is 5.73 Å². The van der Waals surface area contributed by atoms with Crippen LogP contribution in [0, 0.1) is 0 Å². The smallest absolute Gasteiger partial charge is 0.159 e. The fourth-order valence-corrected chi connectivity index (χ4v) is 1.64. The summed E-state index contributed by atoms with van der Waals surface area (Å²) in [4.78, 5) is 0.325. The van der Waals surface area contributed by atoms with E-state index in [-0.39, 0.29) is 6.04 Å². The number of rotatable bonds is 3. The van der Waals surface area contributed by atoms with Gasteiger partial charge >= 0.3 is 0 Å². The average Bonchev–Trinajstić information content (AvgIpc) is 2.71. The van der Waals surface area contributed by atoms with E-state index >= 15 is 0 Å². The van der Waals surface area contributed by atoms with Gasteiger partial charge in [-0.3, -0.25) is 0 Å². The summed E-state index contributed by atoms with van der Waals surface area (Å²) in [5.74, 6) is 0.639. The molecule has 1 aromatic heterocycles. The Balaban J connectivity index is 2.15. The topological polar surface area (TPSA) is 73.1 Å². The second kappa shape index (κ2) is 4.50. The number of anilines is 1. The van der Waals surface area contributed by atoms with Crippen LogP contribution in [0.4, 0.5) is 5.82 Å². The maximum atomic E-state index is 5.58. The monoisotopic (exact) mass is 224 g/mol. The molecular formula is C9H12N4OS. The standard InChI is InChI=1S/C9H12N4OS/c10-8(15)7-1-3-11-13-9(7)12-6-2-4-14-5-6/h1,3,6H,2,4-5H2,(H2,10,15)(H,12,13). The Labute approximate surface area is 93.0 Å². The van der Waals surface area contributed by atoms with E-state index in [1.807, 2.05) is 0 Å². The van der Waals surface area contributed by atoms with E-state index in [9.17, 15) is 0 Å². The molecule has 5 nitrogen and oxygen atoms in total. The van der Waals surface area contributed by atoms with Crippen LogP contribution in [0.1, 0.15) is 12.0 Å². The molecule has 1 atom stereocenters. The van der Waals surface area contributed by atoms with Gasteiger partial charge < -0.3 is 15.8 Å². The van der Waals surface area contributed by atoms with E-state index < -0.39 is 0 Å². The number of ether oxygens (including phenoxy) is 1. The first-order chi connectivity index (χ1) is 7.27. The van der Waals surface area contributed by atoms with Gasteiger partial charge in [0, 0.05) is 6.61 Å². The van der Waals surface area contributed by atoms with Crippen LogP contribution < -0.4 is 11.1 Å². The van der Waals surface area contributed by atoms with Gasteiger partial charge in [0.2, 0.25) is 0 Å². The molecule has 0 spiro atoms. The van der Waals surface area contributed by atoms with Crippen molar-refractivity contribution in [1.82, 2.24) is 10.2 Å². The Bertz CT molecular complexity index is 365. The van der Waals surface area contributed by atoms with Gasteiger partial charge in [-0.15, -0.1) is 5.10 Å². The molecule has 1 aliphatic heterocycles. The van der Waals surface area contributed by atoms with Gasteiger partial charge in [-0.2, -0.15) is 5.10 Å². The highest BCUT2D eigenvalue weighted by Crippen LogP contribution is 2.15. The predicted molar refractivity (Wildman–Crippen MR) is 60.8 cm³/mol. The molecular weight excluding hydrogens is 212 g/mol. The lowest BCUT2D eigenvalue weighted by atomic mass is 10.2. The van der Waals surface area contributed by atoms with Crippen LogP contribution in [0.25, 0.3) is 0 Å². The molecule has 15 heavy (non-hydrogen) atoms. The maximum absolute atomic E-state index is 5.58. The van der Waals surface area contributed by atoms with Crippen molar-refractivity contribution >= 4 is 23.0 Å². The van der Waals surface area contributed by atoms with Crippen molar-refractivity contribution in [2.45, 2.75) is 12.5 Å². The van der Waals surface area contributed by atoms with Crippen molar-refractivity contribution < 1.29 is 4.74 Å². The Hall–Kier alpha value is -1.27. The molecule has 0 radical (unpaired) electrons. The predicted octanol–water partition coefficient (Wildman–Crippen LogP) is 0.312. The zero-order chi connectivity index (χ0) is 10.7. The van der Waals surface area contributed by atoms with Crippen molar-refractivity contribution in [1.29, 1.82) is 0 Å². The zero-order valence-electron chi connectivity index (χ0n) is 8.14. The van der Waals surface area contributed by atoms with Crippen molar-refractivity contribution in [3.8, 4) is 0 Å². The number of thiocarbonyl (C=S) groups is 1. The SMILES string of the molecule is NC(=S)c1ccnnc1NC1CCOC1. The first-order valence-corrected chi connectivity index (χ1v) is 5.14. The molecule has 2 heterocycles. The average molecular weight is 224 g/mol. The third kappa shape index (κ3) is 2.40. The summed E-state index contributed by atoms with van der Waals surface area (Å²) in [6.07, 6.45) is 2.54. The van der Waals surface area contributed by atoms with Crippen LogP contribution in [0.3, 0.4) is 0 Å². The number of nitrogens with zero attached hydrogens (tertiary/aromatic N) is 2. The summed E-state index contributed by atoms with van der Waals surface area (Å²) in [6, 6.07) is 2.03. The second-order valence-corrected chi connectivity index (χ2v) is 3.80. The lowest BCUT2D eigenvalue weighted by molar-refractivity contribution is 0.195. The minimum Gasteiger partial charge on any atom is -0.389 e. The number of hydrogen-bond donors (Lipinski definition) is 2. The molecule has 6 heteroatoms. The minimum atomic E-state index is 0.273. The van der Waals surface area contributed by atoms with Crippen LogP contribution in [0.2, 0.25) is 0 Å². The summed E-state index contributed by atoms with van der Waals surface area (Å²) < 4.78 is 5.25. The van der Waals surface area contributed by atoms with Gasteiger partial charge in [0.05, 0.1) is 24.4 Å². The summed E-state index contributed by atoms with van der Waals surface area (Å²) in [5, 5.41) is 11.0. The molecule has 1 aliphatic rings. The molecule has 0 aromatic carbocycles. The summed E-state index contributed by atoms with van der Waals surface area (Å²) >= 11 is 4.93. The molecule has 1 unspecified atom stereocenters. The van der Waals surface area contributed by atoms with Crippen LogP contribution >= 0.6 is 12.2 Å². The zero-order valence-corrected chi connectivity index (χ0v) is 8.96. The molecule has 3 N–H and O–H groups in total. The van der Waals surface area contributed by atoms with Gasteiger partial charge in [-0.1, -0.05) is 12.2 Å². The van der Waals surface area contributed by atoms with Crippen molar-refractivity contribution in [3.05, 3.63) is 17.8 Å². The third-order valence-electron chi connectivity index (χ3n) is 2.26. The number of nitrogens with two attached hydrogens (primary N) is 1. The van der Waals surface area contributed by atoms with E-state index in [0.717, 1.165) is 18.6 Å². The Morgan fingerprint density at radius 2 is 2.53 bits per heavy atom. The van der Waals surface area contributed by atoms with Crippen LogP contribution in [-0.2, 0) is 4.74 Å². The molecule has 1 saturated heterocycles. The maximum Gasteiger partial charge on any atom is 0.159 e. The lowest BCUT2D eigenvalue weighted by Crippen LogP contribution is -2.23. The van der Waals surface area contributed by atoms with Gasteiger partial charge in [0.1, 0.15) is 4.99 Å². The summed E-state index contributed by atoms with van der Waals surface area (Å²) in [5.41, 5.74) is 6.31. The van der Waals surface area contributed by atoms with Gasteiger partial charge in [-0.05, 0) is 12.5 Å². The molecule has 80 valence electrons. The van der Waals surface area contributed by atoms with E-state index in [2.05, 4.69) is 15.5 Å². The quantitative estimate of drug-likeness (QED) is 0.720. The summed E-state index contributed by atoms with van der Waals surface area (Å²) in [6.45, 7) is 1.47. The number of aromatic nitrogens is 2. The van der Waals surface area contributed by atoms with Gasteiger partial charge in [-0.25, -0.2) is 0 Å². The minimum absolute atomic E-state index is 0.273. The first-order valence-electron chi connectivity index (χ1n) is 4.73. The third-order valence-corrected chi connectivity index (χ3v) is 2.48. The van der Waals surface area contributed by atoms with E-state index in [4.69, 9.17) is 22.7 Å². The van der Waals surface area contributed by atoms with Crippen LogP contribution in [0.15, 0.2) is 12.3 Å². The second-order valence-electron chi connectivity index (χ2n) is 3.36. The Morgan fingerprint density at radius 3 is 3.20 bits per heavy atom. The molecule has 0 amide bonds. The highest BCUT2D eigenvalue weighted by Gasteiger charge is 2.17. The highest BCUT2D eigenvalue weighted by atomic mass is 32.1. The molecule has 0 saturated carbocycles. The summed E-state index contributed by atoms with van der Waals surface area (Å²) in [7, 11) is 0. The molecule has 0 bridgehead atoms. The van der Waals surface area contributed by atoms with E-state index in [1.165, 1.54) is 0 Å². The van der Waals surface area contributed by atoms with Crippen molar-refractivity contribution in [3.63, 3.8) is 0 Å². The fourth-order valence-electron chi connectivity index (χ4n) is 1.48. The largest absolute Gasteiger partial charge is 0.389 e. The van der Waals surface area contributed by atoms with E-state index in [0.29, 0.717) is 17.4 Å². The Morgan fingerprint density at radius 1 is 1.67 bits per heavy atom. The number of nitrogens with one attached hydrogen (secondary N) is 1. The van der Waals surface area contributed by atoms with Crippen LogP contribution in [-0.4, -0.2) is 34.4 Å². The molecule has 1 fully saturated rings. The highest BCUT2D eigenvalue weighted by molar-refractivity contribution is 7.80. The van der Waals surface area contributed by atoms with Crippen LogP contribution in [0.5, 0.6) is 0 Å². The van der Waals surface area contributed by atoms with Crippen molar-refractivity contribution in [2.75, 3.05) is 18.5 Å². The Kier molecular flexibility index (Phi) is 3.08. The first kappa shape index (κ1) is 10.3. The van der Waals surface area contributed by atoms with Gasteiger partial charge in [0.15, 0.2) is 5.82 Å². The fraction of sp³-hybridized carbons (Fsp3) is 0.444. The molecule has 1 aromatic rings. The molecule has 2 rings (SSSR count). The van der Waals surface area contributed by atoms with E-state index in [1.54, 1.807) is 12.3 Å². The molecule has 0 aliphatic carbocycles.